The molecule has 0 aliphatic heterocycles. The van der Waals surface area contributed by atoms with E-state index in [-0.39, 0.29) is 11.9 Å². The molecule has 5 nitrogen and oxygen atoms in total. The predicted octanol–water partition coefficient (Wildman–Crippen LogP) is 4.70. The van der Waals surface area contributed by atoms with E-state index in [9.17, 15) is 4.79 Å². The van der Waals surface area contributed by atoms with Gasteiger partial charge in [0.25, 0.3) is 5.91 Å². The van der Waals surface area contributed by atoms with Crippen molar-refractivity contribution in [2.45, 2.75) is 38.3 Å². The highest BCUT2D eigenvalue weighted by Crippen LogP contribution is 2.27. The van der Waals surface area contributed by atoms with Crippen molar-refractivity contribution in [1.82, 2.24) is 10.3 Å². The summed E-state index contributed by atoms with van der Waals surface area (Å²) in [6.07, 6.45) is 3.02. The van der Waals surface area contributed by atoms with Crippen LogP contribution < -0.4 is 15.4 Å². The summed E-state index contributed by atoms with van der Waals surface area (Å²) < 4.78 is 5.25. The number of benzene rings is 2. The van der Waals surface area contributed by atoms with Gasteiger partial charge in [-0.25, -0.2) is 4.98 Å². The molecule has 1 saturated carbocycles. The first-order chi connectivity index (χ1) is 13.7. The molecule has 1 aromatic heterocycles. The Morgan fingerprint density at radius 2 is 1.93 bits per heavy atom. The number of amides is 1. The number of aromatic nitrogens is 1. The maximum absolute atomic E-state index is 12.8. The molecule has 28 heavy (non-hydrogen) atoms. The second-order valence-electron chi connectivity index (χ2n) is 7.20. The van der Waals surface area contributed by atoms with Crippen molar-refractivity contribution in [1.29, 1.82) is 0 Å². The molecule has 0 saturated heterocycles. The second-order valence-corrected chi connectivity index (χ2v) is 7.20. The minimum atomic E-state index is -0.0263. The van der Waals surface area contributed by atoms with E-state index in [2.05, 4.69) is 29.7 Å². The summed E-state index contributed by atoms with van der Waals surface area (Å²) in [4.78, 5) is 17.5. The minimum absolute atomic E-state index is 0.0263. The lowest BCUT2D eigenvalue weighted by Crippen LogP contribution is -2.26. The SMILES string of the molecule is CCC(Nc1cc(C(=O)NC2CC2)c2ccccc2n1)c1ccc(OC)cc1. The van der Waals surface area contributed by atoms with Crippen molar-refractivity contribution >= 4 is 22.6 Å². The van der Waals surface area contributed by atoms with E-state index in [1.807, 2.05) is 42.5 Å². The number of anilines is 1. The van der Waals surface area contributed by atoms with Crippen LogP contribution in [-0.4, -0.2) is 24.0 Å². The van der Waals surface area contributed by atoms with Crippen LogP contribution in [0, 0.1) is 0 Å². The van der Waals surface area contributed by atoms with Crippen molar-refractivity contribution in [2.24, 2.45) is 0 Å². The molecule has 1 fully saturated rings. The average Bonchev–Trinajstić information content (AvgIpc) is 3.55. The number of carbonyl (C=O) groups excluding carboxylic acids is 1. The molecule has 1 amide bonds. The lowest BCUT2D eigenvalue weighted by molar-refractivity contribution is 0.0952. The zero-order valence-corrected chi connectivity index (χ0v) is 16.2. The number of nitrogens with one attached hydrogen (secondary N) is 2. The minimum Gasteiger partial charge on any atom is -0.497 e. The van der Waals surface area contributed by atoms with Crippen LogP contribution in [0.2, 0.25) is 0 Å². The van der Waals surface area contributed by atoms with Crippen LogP contribution in [0.25, 0.3) is 10.9 Å². The van der Waals surface area contributed by atoms with Crippen LogP contribution in [0.15, 0.2) is 54.6 Å². The summed E-state index contributed by atoms with van der Waals surface area (Å²) in [5, 5.41) is 7.48. The van der Waals surface area contributed by atoms with Crippen LogP contribution >= 0.6 is 0 Å². The monoisotopic (exact) mass is 375 g/mol. The van der Waals surface area contributed by atoms with Crippen LogP contribution in [0.3, 0.4) is 0 Å². The number of para-hydroxylation sites is 1. The van der Waals surface area contributed by atoms with Gasteiger partial charge in [-0.2, -0.15) is 0 Å². The number of methoxy groups -OCH3 is 1. The fourth-order valence-electron chi connectivity index (χ4n) is 3.36. The molecule has 144 valence electrons. The molecule has 3 aromatic rings. The molecule has 2 aromatic carbocycles. The number of fused-ring (bicyclic) bond motifs is 1. The van der Waals surface area contributed by atoms with E-state index in [0.29, 0.717) is 17.4 Å². The van der Waals surface area contributed by atoms with E-state index in [1.54, 1.807) is 7.11 Å². The molecule has 2 N–H and O–H groups in total. The van der Waals surface area contributed by atoms with Gasteiger partial charge in [0.1, 0.15) is 11.6 Å². The highest BCUT2D eigenvalue weighted by molar-refractivity contribution is 6.07. The zero-order chi connectivity index (χ0) is 19.5. The van der Waals surface area contributed by atoms with E-state index in [4.69, 9.17) is 9.72 Å². The molecular weight excluding hydrogens is 350 g/mol. The van der Waals surface area contributed by atoms with Gasteiger partial charge in [-0.05, 0) is 49.1 Å². The highest BCUT2D eigenvalue weighted by atomic mass is 16.5. The third-order valence-corrected chi connectivity index (χ3v) is 5.12. The molecule has 1 atom stereocenters. The number of pyridine rings is 1. The summed E-state index contributed by atoms with van der Waals surface area (Å²) in [5.41, 5.74) is 2.64. The van der Waals surface area contributed by atoms with Crippen molar-refractivity contribution in [3.05, 3.63) is 65.7 Å². The summed E-state index contributed by atoms with van der Waals surface area (Å²) >= 11 is 0. The lowest BCUT2D eigenvalue weighted by atomic mass is 10.0. The lowest BCUT2D eigenvalue weighted by Gasteiger charge is -2.19. The molecule has 1 aliphatic carbocycles. The zero-order valence-electron chi connectivity index (χ0n) is 16.2. The Balaban J connectivity index is 1.65. The Bertz CT molecular complexity index is 981. The molecule has 5 heteroatoms. The number of nitrogens with zero attached hydrogens (tertiary/aromatic N) is 1. The van der Waals surface area contributed by atoms with Gasteiger partial charge in [0, 0.05) is 11.4 Å². The quantitative estimate of drug-likeness (QED) is 0.628. The maximum atomic E-state index is 12.8. The van der Waals surface area contributed by atoms with Gasteiger partial charge in [-0.15, -0.1) is 0 Å². The van der Waals surface area contributed by atoms with E-state index >= 15 is 0 Å². The van der Waals surface area contributed by atoms with Crippen molar-refractivity contribution in [3.63, 3.8) is 0 Å². The van der Waals surface area contributed by atoms with E-state index in [0.717, 1.165) is 41.5 Å². The van der Waals surface area contributed by atoms with Crippen molar-refractivity contribution in [2.75, 3.05) is 12.4 Å². The summed E-state index contributed by atoms with van der Waals surface area (Å²) in [6.45, 7) is 2.13. The molecule has 1 aliphatic rings. The third-order valence-electron chi connectivity index (χ3n) is 5.12. The van der Waals surface area contributed by atoms with Crippen LogP contribution in [0.5, 0.6) is 5.75 Å². The first kappa shape index (κ1) is 18.3. The van der Waals surface area contributed by atoms with Gasteiger partial charge in [-0.3, -0.25) is 4.79 Å². The Morgan fingerprint density at radius 3 is 2.61 bits per heavy atom. The molecule has 0 bridgehead atoms. The van der Waals surface area contributed by atoms with Crippen molar-refractivity contribution in [3.8, 4) is 5.75 Å². The summed E-state index contributed by atoms with van der Waals surface area (Å²) in [6, 6.07) is 18.1. The first-order valence-electron chi connectivity index (χ1n) is 9.79. The highest BCUT2D eigenvalue weighted by Gasteiger charge is 2.25. The van der Waals surface area contributed by atoms with Gasteiger partial charge < -0.3 is 15.4 Å². The predicted molar refractivity (Wildman–Crippen MR) is 112 cm³/mol. The van der Waals surface area contributed by atoms with Crippen LogP contribution in [-0.2, 0) is 0 Å². The number of hydrogen-bond acceptors (Lipinski definition) is 4. The third kappa shape index (κ3) is 3.93. The van der Waals surface area contributed by atoms with Crippen LogP contribution in [0.1, 0.15) is 48.1 Å². The average molecular weight is 375 g/mol. The summed E-state index contributed by atoms with van der Waals surface area (Å²) in [5.74, 6) is 1.52. The molecular formula is C23H25N3O2. The smallest absolute Gasteiger partial charge is 0.252 e. The first-order valence-corrected chi connectivity index (χ1v) is 9.79. The Morgan fingerprint density at radius 1 is 1.18 bits per heavy atom. The largest absolute Gasteiger partial charge is 0.497 e. The Hall–Kier alpha value is -3.08. The topological polar surface area (TPSA) is 63.2 Å². The number of rotatable bonds is 7. The van der Waals surface area contributed by atoms with Crippen molar-refractivity contribution < 1.29 is 9.53 Å². The molecule has 0 radical (unpaired) electrons. The van der Waals surface area contributed by atoms with Gasteiger partial charge in [0.05, 0.1) is 24.2 Å². The Kier molecular flexibility index (Phi) is 5.15. The molecule has 0 spiro atoms. The number of ether oxygens (including phenoxy) is 1. The molecule has 4 rings (SSSR count). The van der Waals surface area contributed by atoms with E-state index < -0.39 is 0 Å². The number of carbonyl (C=O) groups is 1. The maximum Gasteiger partial charge on any atom is 0.252 e. The number of hydrogen-bond donors (Lipinski definition) is 2. The molecule has 1 heterocycles. The van der Waals surface area contributed by atoms with Gasteiger partial charge >= 0.3 is 0 Å². The van der Waals surface area contributed by atoms with Gasteiger partial charge in [0.15, 0.2) is 0 Å². The van der Waals surface area contributed by atoms with Gasteiger partial charge in [-0.1, -0.05) is 37.3 Å². The van der Waals surface area contributed by atoms with Crippen LogP contribution in [0.4, 0.5) is 5.82 Å². The summed E-state index contributed by atoms with van der Waals surface area (Å²) in [7, 11) is 1.66. The fraction of sp³-hybridized carbons (Fsp3) is 0.304. The molecule has 1 unspecified atom stereocenters. The van der Waals surface area contributed by atoms with E-state index in [1.165, 1.54) is 0 Å². The normalized spacial score (nSPS) is 14.5. The van der Waals surface area contributed by atoms with Gasteiger partial charge in [0.2, 0.25) is 0 Å². The fourth-order valence-corrected chi connectivity index (χ4v) is 3.36. The Labute approximate surface area is 165 Å². The standard InChI is InChI=1S/C23H25N3O2/c1-3-20(15-8-12-17(28-2)13-9-15)25-22-14-19(23(27)24-16-10-11-16)18-6-4-5-7-21(18)26-22/h4-9,12-14,16,20H,3,10-11H2,1-2H3,(H,24,27)(H,25,26). The second kappa shape index (κ2) is 7.89.